The number of nitrogens with one attached hydrogen (secondary N) is 1. The van der Waals surface area contributed by atoms with Gasteiger partial charge < -0.3 is 15.0 Å². The first-order valence-electron chi connectivity index (χ1n) is 7.35. The highest BCUT2D eigenvalue weighted by molar-refractivity contribution is 7.07. The maximum atomic E-state index is 12.4. The highest BCUT2D eigenvalue weighted by Gasteiger charge is 2.33. The first-order chi connectivity index (χ1) is 11.0. The number of methoxy groups -OCH3 is 1. The largest absolute Gasteiger partial charge is 0.469 e. The standard InChI is InChI=1S/C15H21N3O4S/c1-17(8-11-3-6-23-10-11)13(19)9-18-5-4-16-15(21)12(18)7-14(20)22-2/h3,6,10,12H,4-5,7-9H2,1-2H3,(H,16,21). The molecule has 8 heteroatoms. The molecule has 0 aliphatic carbocycles. The molecule has 23 heavy (non-hydrogen) atoms. The van der Waals surface area contributed by atoms with E-state index in [4.69, 9.17) is 0 Å². The molecule has 0 bridgehead atoms. The van der Waals surface area contributed by atoms with Crippen molar-refractivity contribution in [1.29, 1.82) is 0 Å². The fraction of sp³-hybridized carbons (Fsp3) is 0.533. The Morgan fingerprint density at radius 3 is 2.96 bits per heavy atom. The number of amides is 2. The second-order valence-corrected chi connectivity index (χ2v) is 6.22. The highest BCUT2D eigenvalue weighted by Crippen LogP contribution is 2.12. The summed E-state index contributed by atoms with van der Waals surface area (Å²) in [6, 6.07) is 1.32. The lowest BCUT2D eigenvalue weighted by Gasteiger charge is -2.34. The monoisotopic (exact) mass is 339 g/mol. The summed E-state index contributed by atoms with van der Waals surface area (Å²) in [6.45, 7) is 1.64. The van der Waals surface area contributed by atoms with Crippen LogP contribution in [0.3, 0.4) is 0 Å². The predicted octanol–water partition coefficient (Wildman–Crippen LogP) is 0.0700. The smallest absolute Gasteiger partial charge is 0.307 e. The van der Waals surface area contributed by atoms with Crippen LogP contribution < -0.4 is 5.32 Å². The van der Waals surface area contributed by atoms with Crippen LogP contribution in [0.4, 0.5) is 0 Å². The minimum absolute atomic E-state index is 0.0517. The van der Waals surface area contributed by atoms with E-state index in [-0.39, 0.29) is 24.8 Å². The SMILES string of the molecule is COC(=O)CC1C(=O)NCCN1CC(=O)N(C)Cc1ccsc1. The van der Waals surface area contributed by atoms with E-state index in [1.54, 1.807) is 28.2 Å². The summed E-state index contributed by atoms with van der Waals surface area (Å²) in [6.07, 6.45) is -0.0517. The fourth-order valence-electron chi connectivity index (χ4n) is 2.45. The number of hydrogen-bond acceptors (Lipinski definition) is 6. The first kappa shape index (κ1) is 17.4. The van der Waals surface area contributed by atoms with E-state index in [9.17, 15) is 14.4 Å². The number of ether oxygens (including phenoxy) is 1. The molecule has 2 rings (SSSR count). The van der Waals surface area contributed by atoms with Crippen LogP contribution >= 0.6 is 11.3 Å². The molecule has 1 atom stereocenters. The van der Waals surface area contributed by atoms with E-state index in [0.717, 1.165) is 5.56 Å². The molecule has 1 aromatic rings. The Morgan fingerprint density at radius 2 is 2.30 bits per heavy atom. The molecule has 1 aromatic heterocycles. The molecular weight excluding hydrogens is 318 g/mol. The molecule has 0 spiro atoms. The van der Waals surface area contributed by atoms with Gasteiger partial charge in [-0.3, -0.25) is 19.3 Å². The molecule has 1 unspecified atom stereocenters. The van der Waals surface area contributed by atoms with Crippen molar-refractivity contribution in [3.8, 4) is 0 Å². The molecule has 1 N–H and O–H groups in total. The van der Waals surface area contributed by atoms with Gasteiger partial charge in [0.15, 0.2) is 0 Å². The van der Waals surface area contributed by atoms with E-state index in [1.165, 1.54) is 7.11 Å². The topological polar surface area (TPSA) is 79.0 Å². The van der Waals surface area contributed by atoms with E-state index < -0.39 is 12.0 Å². The predicted molar refractivity (Wildman–Crippen MR) is 85.8 cm³/mol. The second-order valence-electron chi connectivity index (χ2n) is 5.44. The van der Waals surface area contributed by atoms with Crippen LogP contribution in [-0.2, 0) is 25.7 Å². The van der Waals surface area contributed by atoms with Gasteiger partial charge >= 0.3 is 5.97 Å². The highest BCUT2D eigenvalue weighted by atomic mass is 32.1. The van der Waals surface area contributed by atoms with Crippen molar-refractivity contribution in [2.24, 2.45) is 0 Å². The Kier molecular flexibility index (Phi) is 6.12. The van der Waals surface area contributed by atoms with Crippen molar-refractivity contribution in [1.82, 2.24) is 15.1 Å². The molecule has 2 heterocycles. The Balaban J connectivity index is 1.96. The quantitative estimate of drug-likeness (QED) is 0.742. The Morgan fingerprint density at radius 1 is 1.52 bits per heavy atom. The van der Waals surface area contributed by atoms with E-state index in [1.807, 2.05) is 16.8 Å². The summed E-state index contributed by atoms with van der Waals surface area (Å²) in [5, 5.41) is 6.68. The maximum Gasteiger partial charge on any atom is 0.307 e. The molecular formula is C15H21N3O4S. The van der Waals surface area contributed by atoms with E-state index in [2.05, 4.69) is 10.1 Å². The molecule has 126 valence electrons. The molecule has 0 saturated carbocycles. The Labute approximate surface area is 139 Å². The van der Waals surface area contributed by atoms with Gasteiger partial charge in [0.05, 0.1) is 20.1 Å². The molecule has 0 aromatic carbocycles. The van der Waals surface area contributed by atoms with Gasteiger partial charge in [-0.05, 0) is 22.4 Å². The van der Waals surface area contributed by atoms with E-state index in [0.29, 0.717) is 19.6 Å². The second kappa shape index (κ2) is 8.07. The average Bonchev–Trinajstić information content (AvgIpc) is 3.03. The molecule has 2 amide bonds. The molecule has 0 radical (unpaired) electrons. The average molecular weight is 339 g/mol. The summed E-state index contributed by atoms with van der Waals surface area (Å²) in [4.78, 5) is 39.2. The van der Waals surface area contributed by atoms with Crippen molar-refractivity contribution in [2.45, 2.75) is 19.0 Å². The zero-order valence-electron chi connectivity index (χ0n) is 13.3. The van der Waals surface area contributed by atoms with Crippen LogP contribution in [0.2, 0.25) is 0 Å². The van der Waals surface area contributed by atoms with Gasteiger partial charge in [-0.15, -0.1) is 0 Å². The molecule has 1 aliphatic heterocycles. The van der Waals surface area contributed by atoms with Gasteiger partial charge in [0.1, 0.15) is 6.04 Å². The van der Waals surface area contributed by atoms with Gasteiger partial charge in [0.25, 0.3) is 0 Å². The summed E-state index contributed by atoms with van der Waals surface area (Å²) < 4.78 is 4.63. The number of carbonyl (C=O) groups excluding carboxylic acids is 3. The van der Waals surface area contributed by atoms with Crippen LogP contribution in [-0.4, -0.2) is 67.4 Å². The third kappa shape index (κ3) is 4.77. The maximum absolute atomic E-state index is 12.4. The first-order valence-corrected chi connectivity index (χ1v) is 8.29. The number of thiophene rings is 1. The van der Waals surface area contributed by atoms with Crippen LogP contribution in [0.25, 0.3) is 0 Å². The number of piperazine rings is 1. The zero-order chi connectivity index (χ0) is 16.8. The number of hydrogen-bond donors (Lipinski definition) is 1. The molecule has 7 nitrogen and oxygen atoms in total. The third-order valence-corrected chi connectivity index (χ3v) is 4.53. The normalized spacial score (nSPS) is 18.3. The van der Waals surface area contributed by atoms with E-state index >= 15 is 0 Å². The number of likely N-dealkylation sites (N-methyl/N-ethyl adjacent to an activating group) is 1. The van der Waals surface area contributed by atoms with Gasteiger partial charge in [-0.25, -0.2) is 0 Å². The number of nitrogens with zero attached hydrogens (tertiary/aromatic N) is 2. The van der Waals surface area contributed by atoms with Crippen molar-refractivity contribution in [3.63, 3.8) is 0 Å². The van der Waals surface area contributed by atoms with Crippen LogP contribution in [0.5, 0.6) is 0 Å². The Bertz CT molecular complexity index is 561. The number of rotatable bonds is 6. The number of esters is 1. The fourth-order valence-corrected chi connectivity index (χ4v) is 3.11. The lowest BCUT2D eigenvalue weighted by atomic mass is 10.1. The Hall–Kier alpha value is -1.93. The molecule has 1 fully saturated rings. The van der Waals surface area contributed by atoms with Gasteiger partial charge in [-0.2, -0.15) is 11.3 Å². The summed E-state index contributed by atoms with van der Waals surface area (Å²) in [5.41, 5.74) is 1.08. The van der Waals surface area contributed by atoms with Crippen LogP contribution in [0.1, 0.15) is 12.0 Å². The van der Waals surface area contributed by atoms with Crippen LogP contribution in [0, 0.1) is 0 Å². The minimum atomic E-state index is -0.658. The third-order valence-electron chi connectivity index (χ3n) is 3.79. The van der Waals surface area contributed by atoms with Crippen LogP contribution in [0.15, 0.2) is 16.8 Å². The summed E-state index contributed by atoms with van der Waals surface area (Å²) in [7, 11) is 3.02. The summed E-state index contributed by atoms with van der Waals surface area (Å²) >= 11 is 1.59. The zero-order valence-corrected chi connectivity index (χ0v) is 14.1. The van der Waals surface area contributed by atoms with Gasteiger partial charge in [-0.1, -0.05) is 0 Å². The molecule has 1 saturated heterocycles. The van der Waals surface area contributed by atoms with Crippen molar-refractivity contribution >= 4 is 29.1 Å². The van der Waals surface area contributed by atoms with Gasteiger partial charge in [0.2, 0.25) is 11.8 Å². The lowest BCUT2D eigenvalue weighted by molar-refractivity contribution is -0.147. The summed E-state index contributed by atoms with van der Waals surface area (Å²) in [5.74, 6) is -0.785. The minimum Gasteiger partial charge on any atom is -0.469 e. The molecule has 1 aliphatic rings. The van der Waals surface area contributed by atoms with Gasteiger partial charge in [0, 0.05) is 26.7 Å². The lowest BCUT2D eigenvalue weighted by Crippen LogP contribution is -2.58. The number of carbonyl (C=O) groups is 3. The van der Waals surface area contributed by atoms with Crippen molar-refractivity contribution in [3.05, 3.63) is 22.4 Å². The van der Waals surface area contributed by atoms with Crippen molar-refractivity contribution in [2.75, 3.05) is 33.8 Å². The van der Waals surface area contributed by atoms with Crippen molar-refractivity contribution < 1.29 is 19.1 Å².